The van der Waals surface area contributed by atoms with Crippen molar-refractivity contribution in [1.29, 1.82) is 0 Å². The van der Waals surface area contributed by atoms with Crippen molar-refractivity contribution in [3.05, 3.63) is 17.5 Å². The molecule has 23 heavy (non-hydrogen) atoms. The number of aliphatic carboxylic acids is 1. The molecule has 2 atom stereocenters. The lowest BCUT2D eigenvalue weighted by Crippen LogP contribution is -2.38. The van der Waals surface area contributed by atoms with Crippen molar-refractivity contribution in [2.75, 3.05) is 26.3 Å². The minimum atomic E-state index is -0.733. The van der Waals surface area contributed by atoms with Crippen molar-refractivity contribution in [3.63, 3.8) is 0 Å². The minimum absolute atomic E-state index is 0.0840. The Kier molecular flexibility index (Phi) is 3.89. The highest BCUT2D eigenvalue weighted by atomic mass is 16.5. The molecule has 6 heteroatoms. The third kappa shape index (κ3) is 2.68. The van der Waals surface area contributed by atoms with E-state index in [-0.39, 0.29) is 5.92 Å². The van der Waals surface area contributed by atoms with E-state index in [2.05, 4.69) is 16.1 Å². The van der Waals surface area contributed by atoms with E-state index in [1.54, 1.807) is 0 Å². The van der Waals surface area contributed by atoms with Crippen LogP contribution in [0.1, 0.15) is 49.5 Å². The molecule has 6 nitrogen and oxygen atoms in total. The first kappa shape index (κ1) is 15.1. The fraction of sp³-hybridized carbons (Fsp3) is 0.765. The third-order valence-corrected chi connectivity index (χ3v) is 5.85. The van der Waals surface area contributed by atoms with Gasteiger partial charge in [-0.05, 0) is 12.8 Å². The maximum atomic E-state index is 11.7. The van der Waals surface area contributed by atoms with Crippen LogP contribution < -0.4 is 0 Å². The standard InChI is InChI=1S/C17H24N2O4/c20-16(21)17-10-19(7-13(17)9-22-11-17)8-14-6-15(18-23-14)12-4-2-1-3-5-12/h6,12-13H,1-5,7-11H2,(H,20,21)/t13-,17-/m1/s1. The molecule has 3 aliphatic rings. The summed E-state index contributed by atoms with van der Waals surface area (Å²) in [5, 5.41) is 13.9. The monoisotopic (exact) mass is 320 g/mol. The van der Waals surface area contributed by atoms with Gasteiger partial charge in [-0.2, -0.15) is 0 Å². The molecule has 1 aromatic heterocycles. The van der Waals surface area contributed by atoms with Gasteiger partial charge in [-0.1, -0.05) is 24.4 Å². The number of rotatable bonds is 4. The van der Waals surface area contributed by atoms with E-state index in [1.807, 2.05) is 0 Å². The molecule has 0 amide bonds. The van der Waals surface area contributed by atoms with Crippen LogP contribution in [0.3, 0.4) is 0 Å². The van der Waals surface area contributed by atoms with Gasteiger partial charge in [0.2, 0.25) is 0 Å². The Morgan fingerprint density at radius 3 is 2.96 bits per heavy atom. The van der Waals surface area contributed by atoms with E-state index in [0.717, 1.165) is 18.0 Å². The van der Waals surface area contributed by atoms with Gasteiger partial charge in [-0.25, -0.2) is 0 Å². The molecule has 0 aromatic carbocycles. The van der Waals surface area contributed by atoms with Gasteiger partial charge in [0.15, 0.2) is 5.76 Å². The summed E-state index contributed by atoms with van der Waals surface area (Å²) in [6.07, 6.45) is 6.30. The maximum absolute atomic E-state index is 11.7. The van der Waals surface area contributed by atoms with Crippen molar-refractivity contribution in [2.24, 2.45) is 11.3 Å². The summed E-state index contributed by atoms with van der Waals surface area (Å²) >= 11 is 0. The van der Waals surface area contributed by atoms with E-state index < -0.39 is 11.4 Å². The van der Waals surface area contributed by atoms with Crippen molar-refractivity contribution < 1.29 is 19.2 Å². The van der Waals surface area contributed by atoms with Crippen LogP contribution in [-0.2, 0) is 16.1 Å². The minimum Gasteiger partial charge on any atom is -0.481 e. The summed E-state index contributed by atoms with van der Waals surface area (Å²) in [6, 6.07) is 2.08. The number of fused-ring (bicyclic) bond motifs is 1. The zero-order valence-electron chi connectivity index (χ0n) is 13.4. The SMILES string of the molecule is O=C(O)[C@]12COC[C@H]1CN(Cc1cc(C3CCCCC3)no1)C2. The molecule has 126 valence electrons. The summed E-state index contributed by atoms with van der Waals surface area (Å²) in [4.78, 5) is 13.8. The third-order valence-electron chi connectivity index (χ3n) is 5.85. The first-order valence-corrected chi connectivity index (χ1v) is 8.66. The van der Waals surface area contributed by atoms with Gasteiger partial charge in [-0.3, -0.25) is 9.69 Å². The topological polar surface area (TPSA) is 75.8 Å². The van der Waals surface area contributed by atoms with Crippen molar-refractivity contribution in [3.8, 4) is 0 Å². The quantitative estimate of drug-likeness (QED) is 0.917. The van der Waals surface area contributed by atoms with E-state index in [1.165, 1.54) is 32.1 Å². The summed E-state index contributed by atoms with van der Waals surface area (Å²) in [6.45, 7) is 2.81. The predicted molar refractivity (Wildman–Crippen MR) is 82.0 cm³/mol. The Labute approximate surface area is 135 Å². The normalized spacial score (nSPS) is 32.3. The maximum Gasteiger partial charge on any atom is 0.313 e. The largest absolute Gasteiger partial charge is 0.481 e. The molecule has 1 N–H and O–H groups in total. The summed E-state index contributed by atoms with van der Waals surface area (Å²) in [5.74, 6) is 0.744. The number of likely N-dealkylation sites (tertiary alicyclic amines) is 1. The second-order valence-corrected chi connectivity index (χ2v) is 7.40. The van der Waals surface area contributed by atoms with E-state index in [4.69, 9.17) is 9.26 Å². The van der Waals surface area contributed by atoms with Gasteiger partial charge < -0.3 is 14.4 Å². The fourth-order valence-electron chi connectivity index (χ4n) is 4.48. The molecule has 0 radical (unpaired) electrons. The molecule has 2 saturated heterocycles. The first-order valence-electron chi connectivity index (χ1n) is 8.66. The number of carboxylic acid groups (broad SMARTS) is 1. The highest BCUT2D eigenvalue weighted by Gasteiger charge is 2.56. The van der Waals surface area contributed by atoms with Crippen molar-refractivity contribution in [2.45, 2.75) is 44.6 Å². The number of hydrogen-bond acceptors (Lipinski definition) is 5. The lowest BCUT2D eigenvalue weighted by Gasteiger charge is -2.21. The second-order valence-electron chi connectivity index (χ2n) is 7.40. The zero-order chi connectivity index (χ0) is 15.9. The molecule has 1 aliphatic carbocycles. The summed E-state index contributed by atoms with van der Waals surface area (Å²) in [5.41, 5.74) is 0.349. The van der Waals surface area contributed by atoms with Crippen LogP contribution in [0.5, 0.6) is 0 Å². The Bertz CT molecular complexity index is 581. The second kappa shape index (κ2) is 5.91. The lowest BCUT2D eigenvalue weighted by molar-refractivity contribution is -0.149. The van der Waals surface area contributed by atoms with Gasteiger partial charge in [0, 0.05) is 31.0 Å². The average Bonchev–Trinajstić information content (AvgIpc) is 3.22. The average molecular weight is 320 g/mol. The molecule has 3 fully saturated rings. The van der Waals surface area contributed by atoms with Crippen LogP contribution in [0.25, 0.3) is 0 Å². The smallest absolute Gasteiger partial charge is 0.313 e. The van der Waals surface area contributed by atoms with Crippen LogP contribution in [0.15, 0.2) is 10.6 Å². The summed E-state index contributed by atoms with van der Waals surface area (Å²) < 4.78 is 10.9. The van der Waals surface area contributed by atoms with E-state index in [9.17, 15) is 9.90 Å². The lowest BCUT2D eigenvalue weighted by atomic mass is 9.81. The Hall–Kier alpha value is -1.40. The molecule has 2 aliphatic heterocycles. The number of ether oxygens (including phenoxy) is 1. The number of aromatic nitrogens is 1. The first-order chi connectivity index (χ1) is 11.2. The van der Waals surface area contributed by atoms with Crippen molar-refractivity contribution in [1.82, 2.24) is 10.1 Å². The Balaban J connectivity index is 1.41. The molecule has 4 rings (SSSR count). The van der Waals surface area contributed by atoms with Crippen molar-refractivity contribution >= 4 is 5.97 Å². The predicted octanol–water partition coefficient (Wildman–Crippen LogP) is 2.26. The van der Waals surface area contributed by atoms with Crippen LogP contribution in [0.2, 0.25) is 0 Å². The summed E-state index contributed by atoms with van der Waals surface area (Å²) in [7, 11) is 0. The highest BCUT2D eigenvalue weighted by Crippen LogP contribution is 2.42. The molecule has 0 bridgehead atoms. The molecular weight excluding hydrogens is 296 g/mol. The number of hydrogen-bond donors (Lipinski definition) is 1. The van der Waals surface area contributed by atoms with Crippen LogP contribution in [0, 0.1) is 11.3 Å². The zero-order valence-corrected chi connectivity index (χ0v) is 13.4. The molecular formula is C17H24N2O4. The fourth-order valence-corrected chi connectivity index (χ4v) is 4.48. The molecule has 0 spiro atoms. The van der Waals surface area contributed by atoms with E-state index in [0.29, 0.717) is 32.2 Å². The van der Waals surface area contributed by atoms with Gasteiger partial charge >= 0.3 is 5.97 Å². The molecule has 0 unspecified atom stereocenters. The van der Waals surface area contributed by atoms with E-state index >= 15 is 0 Å². The molecule has 3 heterocycles. The van der Waals surface area contributed by atoms with Gasteiger partial charge in [0.1, 0.15) is 5.41 Å². The number of nitrogens with zero attached hydrogens (tertiary/aromatic N) is 2. The number of carbonyl (C=O) groups is 1. The van der Waals surface area contributed by atoms with Gasteiger partial charge in [0.05, 0.1) is 25.5 Å². The van der Waals surface area contributed by atoms with Gasteiger partial charge in [0.25, 0.3) is 0 Å². The molecule has 1 aromatic rings. The highest BCUT2D eigenvalue weighted by molar-refractivity contribution is 5.76. The Morgan fingerprint density at radius 2 is 2.22 bits per heavy atom. The Morgan fingerprint density at radius 1 is 1.39 bits per heavy atom. The van der Waals surface area contributed by atoms with Gasteiger partial charge in [-0.15, -0.1) is 0 Å². The van der Waals surface area contributed by atoms with Crippen LogP contribution in [-0.4, -0.2) is 47.4 Å². The van der Waals surface area contributed by atoms with Crippen LogP contribution >= 0.6 is 0 Å². The molecule has 1 saturated carbocycles. The van der Waals surface area contributed by atoms with Crippen LogP contribution in [0.4, 0.5) is 0 Å². The number of carboxylic acids is 1.